The van der Waals surface area contributed by atoms with Gasteiger partial charge in [0.15, 0.2) is 0 Å². The average molecular weight is 212 g/mol. The Hall–Kier alpha value is -0.370. The molecule has 0 aromatic heterocycles. The van der Waals surface area contributed by atoms with E-state index in [1.807, 2.05) is 6.92 Å². The van der Waals surface area contributed by atoms with Gasteiger partial charge >= 0.3 is 0 Å². The summed E-state index contributed by atoms with van der Waals surface area (Å²) in [6.45, 7) is 4.98. The van der Waals surface area contributed by atoms with Crippen molar-refractivity contribution in [3.8, 4) is 0 Å². The first-order valence-electron chi connectivity index (χ1n) is 6.21. The van der Waals surface area contributed by atoms with E-state index in [9.17, 15) is 4.79 Å². The van der Waals surface area contributed by atoms with E-state index < -0.39 is 0 Å². The fourth-order valence-corrected chi connectivity index (χ4v) is 2.54. The molecule has 1 aliphatic carbocycles. The van der Waals surface area contributed by atoms with Gasteiger partial charge in [-0.25, -0.2) is 0 Å². The van der Waals surface area contributed by atoms with Crippen LogP contribution in [0, 0.1) is 17.8 Å². The van der Waals surface area contributed by atoms with Crippen molar-refractivity contribution in [3.05, 3.63) is 0 Å². The number of methoxy groups -OCH3 is 1. The minimum Gasteiger partial charge on any atom is -0.385 e. The maximum absolute atomic E-state index is 12.1. The summed E-state index contributed by atoms with van der Waals surface area (Å²) < 4.78 is 5.02. The third-order valence-electron chi connectivity index (χ3n) is 3.76. The van der Waals surface area contributed by atoms with E-state index in [0.717, 1.165) is 25.2 Å². The Balaban J connectivity index is 2.33. The molecular weight excluding hydrogens is 188 g/mol. The van der Waals surface area contributed by atoms with Crippen LogP contribution >= 0.6 is 0 Å². The molecule has 0 radical (unpaired) electrons. The first-order valence-corrected chi connectivity index (χ1v) is 6.21. The number of carbonyl (C=O) groups excluding carboxylic acids is 1. The molecule has 0 saturated heterocycles. The van der Waals surface area contributed by atoms with Crippen LogP contribution in [-0.2, 0) is 9.53 Å². The van der Waals surface area contributed by atoms with Gasteiger partial charge in [0.25, 0.3) is 0 Å². The van der Waals surface area contributed by atoms with E-state index in [-0.39, 0.29) is 5.92 Å². The Labute approximate surface area is 93.4 Å². The first-order chi connectivity index (χ1) is 7.19. The number of Topliss-reactive ketones (excluding diaryl/α,β-unsaturated/α-hetero) is 1. The highest BCUT2D eigenvalue weighted by Gasteiger charge is 2.30. The zero-order valence-electron chi connectivity index (χ0n) is 10.3. The van der Waals surface area contributed by atoms with Crippen molar-refractivity contribution < 1.29 is 9.53 Å². The summed E-state index contributed by atoms with van der Waals surface area (Å²) in [6.07, 6.45) is 5.62. The normalized spacial score (nSPS) is 27.9. The summed E-state index contributed by atoms with van der Waals surface area (Å²) in [7, 11) is 1.69. The highest BCUT2D eigenvalue weighted by atomic mass is 16.5. The van der Waals surface area contributed by atoms with Crippen molar-refractivity contribution in [2.45, 2.75) is 46.0 Å². The standard InChI is InChI=1S/C13H24O2/c1-4-11-5-6-12(9-11)13(14)10(2)7-8-15-3/h10-12H,4-9H2,1-3H3. The minimum absolute atomic E-state index is 0.186. The third-order valence-corrected chi connectivity index (χ3v) is 3.76. The molecule has 15 heavy (non-hydrogen) atoms. The molecule has 3 atom stereocenters. The van der Waals surface area contributed by atoms with Crippen LogP contribution in [0.2, 0.25) is 0 Å². The molecule has 1 rings (SSSR count). The van der Waals surface area contributed by atoms with E-state index >= 15 is 0 Å². The Morgan fingerprint density at radius 2 is 2.20 bits per heavy atom. The minimum atomic E-state index is 0.186. The largest absolute Gasteiger partial charge is 0.385 e. The summed E-state index contributed by atoms with van der Waals surface area (Å²) in [5, 5.41) is 0. The van der Waals surface area contributed by atoms with E-state index in [2.05, 4.69) is 6.92 Å². The zero-order chi connectivity index (χ0) is 11.3. The van der Waals surface area contributed by atoms with Gasteiger partial charge in [-0.2, -0.15) is 0 Å². The monoisotopic (exact) mass is 212 g/mol. The van der Waals surface area contributed by atoms with Crippen LogP contribution < -0.4 is 0 Å². The van der Waals surface area contributed by atoms with Crippen LogP contribution in [0.1, 0.15) is 46.0 Å². The van der Waals surface area contributed by atoms with Crippen LogP contribution in [0.3, 0.4) is 0 Å². The van der Waals surface area contributed by atoms with Gasteiger partial charge < -0.3 is 4.74 Å². The second-order valence-electron chi connectivity index (χ2n) is 4.87. The van der Waals surface area contributed by atoms with Crippen molar-refractivity contribution in [2.75, 3.05) is 13.7 Å². The Morgan fingerprint density at radius 3 is 2.73 bits per heavy atom. The maximum Gasteiger partial charge on any atom is 0.138 e. The molecule has 0 aliphatic heterocycles. The van der Waals surface area contributed by atoms with Crippen LogP contribution in [0.5, 0.6) is 0 Å². The van der Waals surface area contributed by atoms with Crippen LogP contribution in [0.4, 0.5) is 0 Å². The molecule has 0 spiro atoms. The number of carbonyl (C=O) groups is 1. The molecule has 1 fully saturated rings. The van der Waals surface area contributed by atoms with Gasteiger partial charge in [-0.15, -0.1) is 0 Å². The highest BCUT2D eigenvalue weighted by Crippen LogP contribution is 2.35. The van der Waals surface area contributed by atoms with Crippen molar-refractivity contribution in [1.82, 2.24) is 0 Å². The number of ketones is 1. The Bertz CT molecular complexity index is 201. The summed E-state index contributed by atoms with van der Waals surface area (Å²) >= 11 is 0. The van der Waals surface area contributed by atoms with E-state index in [4.69, 9.17) is 4.74 Å². The lowest BCUT2D eigenvalue weighted by Gasteiger charge is -2.15. The van der Waals surface area contributed by atoms with Gasteiger partial charge in [0.05, 0.1) is 0 Å². The molecular formula is C13H24O2. The molecule has 88 valence electrons. The molecule has 1 aliphatic rings. The average Bonchev–Trinajstić information content (AvgIpc) is 2.73. The van der Waals surface area contributed by atoms with E-state index in [1.54, 1.807) is 7.11 Å². The summed E-state index contributed by atoms with van der Waals surface area (Å²) in [5.74, 6) is 1.81. The summed E-state index contributed by atoms with van der Waals surface area (Å²) in [6, 6.07) is 0. The summed E-state index contributed by atoms with van der Waals surface area (Å²) in [4.78, 5) is 12.1. The predicted molar refractivity (Wildman–Crippen MR) is 61.8 cm³/mol. The topological polar surface area (TPSA) is 26.3 Å². The SMILES string of the molecule is CCC1CCC(C(=O)C(C)CCOC)C1. The first kappa shape index (κ1) is 12.7. The molecule has 3 unspecified atom stereocenters. The van der Waals surface area contributed by atoms with Crippen molar-refractivity contribution in [1.29, 1.82) is 0 Å². The molecule has 0 bridgehead atoms. The lowest BCUT2D eigenvalue weighted by molar-refractivity contribution is -0.126. The lowest BCUT2D eigenvalue weighted by atomic mass is 9.90. The second-order valence-corrected chi connectivity index (χ2v) is 4.87. The van der Waals surface area contributed by atoms with Crippen LogP contribution in [0.25, 0.3) is 0 Å². The van der Waals surface area contributed by atoms with Crippen molar-refractivity contribution in [2.24, 2.45) is 17.8 Å². The lowest BCUT2D eigenvalue weighted by Crippen LogP contribution is -2.21. The highest BCUT2D eigenvalue weighted by molar-refractivity contribution is 5.83. The Kier molecular flexibility index (Phi) is 5.30. The number of hydrogen-bond donors (Lipinski definition) is 0. The number of hydrogen-bond acceptors (Lipinski definition) is 2. The van der Waals surface area contributed by atoms with Gasteiger partial charge in [0.2, 0.25) is 0 Å². The zero-order valence-corrected chi connectivity index (χ0v) is 10.3. The van der Waals surface area contributed by atoms with Crippen LogP contribution in [-0.4, -0.2) is 19.5 Å². The van der Waals surface area contributed by atoms with Gasteiger partial charge in [-0.3, -0.25) is 4.79 Å². The van der Waals surface area contributed by atoms with Gasteiger partial charge in [-0.1, -0.05) is 20.3 Å². The molecule has 0 N–H and O–H groups in total. The Morgan fingerprint density at radius 1 is 1.47 bits per heavy atom. The van der Waals surface area contributed by atoms with Gasteiger partial charge in [0, 0.05) is 25.6 Å². The summed E-state index contributed by atoms with van der Waals surface area (Å²) in [5.41, 5.74) is 0. The predicted octanol–water partition coefficient (Wildman–Crippen LogP) is 3.05. The smallest absolute Gasteiger partial charge is 0.138 e. The number of ether oxygens (including phenoxy) is 1. The van der Waals surface area contributed by atoms with E-state index in [1.165, 1.54) is 12.8 Å². The molecule has 0 amide bonds. The third kappa shape index (κ3) is 3.60. The quantitative estimate of drug-likeness (QED) is 0.676. The van der Waals surface area contributed by atoms with Gasteiger partial charge in [0.1, 0.15) is 5.78 Å². The second kappa shape index (κ2) is 6.26. The van der Waals surface area contributed by atoms with E-state index in [0.29, 0.717) is 18.3 Å². The fraction of sp³-hybridized carbons (Fsp3) is 0.923. The number of rotatable bonds is 6. The van der Waals surface area contributed by atoms with Crippen LogP contribution in [0.15, 0.2) is 0 Å². The van der Waals surface area contributed by atoms with Gasteiger partial charge in [-0.05, 0) is 31.6 Å². The maximum atomic E-state index is 12.1. The molecule has 0 heterocycles. The molecule has 0 aromatic carbocycles. The molecule has 2 heteroatoms. The molecule has 2 nitrogen and oxygen atoms in total. The molecule has 0 aromatic rings. The van der Waals surface area contributed by atoms with Crippen molar-refractivity contribution in [3.63, 3.8) is 0 Å². The fourth-order valence-electron chi connectivity index (χ4n) is 2.54. The van der Waals surface area contributed by atoms with Crippen molar-refractivity contribution >= 4 is 5.78 Å². The molecule has 1 saturated carbocycles.